The van der Waals surface area contributed by atoms with Gasteiger partial charge in [0.2, 0.25) is 0 Å². The van der Waals surface area contributed by atoms with E-state index in [0.717, 1.165) is 13.1 Å². The van der Waals surface area contributed by atoms with Crippen molar-refractivity contribution in [2.45, 2.75) is 13.8 Å². The lowest BCUT2D eigenvalue weighted by molar-refractivity contribution is 0.340. The quantitative estimate of drug-likeness (QED) is 0.368. The Morgan fingerprint density at radius 2 is 1.31 bits per heavy atom. The van der Waals surface area contributed by atoms with Crippen molar-refractivity contribution in [3.63, 3.8) is 0 Å². The van der Waals surface area contributed by atoms with Crippen molar-refractivity contribution in [2.75, 3.05) is 13.1 Å². The first-order chi connectivity index (χ1) is 4.54. The van der Waals surface area contributed by atoms with Crippen LogP contribution in [-0.2, 0) is 0 Å². The average molecular weight is 229 g/mol. The standard InChI is InChI=1S/C4H11NS.BFH2O2.3FH/c1-3-5(6)4-2;2-1(3)4;;;/h6H,3-4H2,1-2H3;3-4H;3*1H. The molecule has 0 aromatic rings. The third-order valence-corrected chi connectivity index (χ3v) is 1.30. The van der Waals surface area contributed by atoms with Crippen LogP contribution in [0.1, 0.15) is 13.8 Å². The monoisotopic (exact) mass is 229 g/mol. The summed E-state index contributed by atoms with van der Waals surface area (Å²) in [5.41, 5.74) is 0. The van der Waals surface area contributed by atoms with Crippen LogP contribution in [0, 0.1) is 0 Å². The third-order valence-electron chi connectivity index (χ3n) is 0.730. The summed E-state index contributed by atoms with van der Waals surface area (Å²) in [6.07, 6.45) is 0. The summed E-state index contributed by atoms with van der Waals surface area (Å²) in [5, 5.41) is 13.9. The van der Waals surface area contributed by atoms with Crippen LogP contribution in [0.2, 0.25) is 0 Å². The van der Waals surface area contributed by atoms with Gasteiger partial charge >= 0.3 is 7.40 Å². The van der Waals surface area contributed by atoms with Gasteiger partial charge in [-0.05, 0) is 0 Å². The maximum atomic E-state index is 10.1. The predicted octanol–water partition coefficient (Wildman–Crippen LogP) is 0.556. The van der Waals surface area contributed by atoms with E-state index in [2.05, 4.69) is 26.7 Å². The van der Waals surface area contributed by atoms with Crippen molar-refractivity contribution < 1.29 is 28.5 Å². The molecule has 0 aliphatic rings. The number of nitrogens with zero attached hydrogens (tertiary/aromatic N) is 1. The number of halogens is 4. The Morgan fingerprint density at radius 3 is 1.31 bits per heavy atom. The van der Waals surface area contributed by atoms with Crippen LogP contribution in [0.3, 0.4) is 0 Å². The van der Waals surface area contributed by atoms with Gasteiger partial charge < -0.3 is 10.0 Å². The molecule has 0 unspecified atom stereocenters. The van der Waals surface area contributed by atoms with Crippen molar-refractivity contribution >= 4 is 20.2 Å². The van der Waals surface area contributed by atoms with Crippen molar-refractivity contribution in [3.05, 3.63) is 0 Å². The van der Waals surface area contributed by atoms with Crippen LogP contribution < -0.4 is 0 Å². The van der Waals surface area contributed by atoms with E-state index >= 15 is 0 Å². The highest BCUT2D eigenvalue weighted by atomic mass is 32.1. The van der Waals surface area contributed by atoms with Gasteiger partial charge in [0.25, 0.3) is 0 Å². The molecule has 0 heterocycles. The minimum absolute atomic E-state index is 0. The fraction of sp³-hybridized carbons (Fsp3) is 1.00. The smallest absolute Gasteiger partial charge is 0.398 e. The predicted molar refractivity (Wildman–Crippen MR) is 50.7 cm³/mol. The third kappa shape index (κ3) is 74.8. The van der Waals surface area contributed by atoms with Crippen LogP contribution >= 0.6 is 12.8 Å². The van der Waals surface area contributed by atoms with Crippen LogP contribution in [-0.4, -0.2) is 34.8 Å². The Labute approximate surface area is 80.8 Å². The van der Waals surface area contributed by atoms with Crippen LogP contribution in [0.15, 0.2) is 0 Å². The molecule has 0 bridgehead atoms. The molecular weight excluding hydrogens is 213 g/mol. The fourth-order valence-corrected chi connectivity index (χ4v) is 0.224. The SMILES string of the molecule is CCN(S)CC.F.F.F.OB(O)F. The number of thiol groups is 1. The molecule has 9 heteroatoms. The number of hydrogen-bond donors (Lipinski definition) is 3. The molecule has 86 valence electrons. The summed E-state index contributed by atoms with van der Waals surface area (Å²) in [6, 6.07) is 0. The average Bonchev–Trinajstić information content (AvgIpc) is 1.85. The molecular formula is C4H16BF4NO2S. The summed E-state index contributed by atoms with van der Waals surface area (Å²) in [6.45, 7) is 6.21. The van der Waals surface area contributed by atoms with Crippen molar-refractivity contribution in [3.8, 4) is 0 Å². The minimum Gasteiger partial charge on any atom is -0.398 e. The maximum Gasteiger partial charge on any atom is 0.674 e. The summed E-state index contributed by atoms with van der Waals surface area (Å²) >= 11 is 4.06. The second-order valence-corrected chi connectivity index (χ2v) is 2.02. The van der Waals surface area contributed by atoms with Crippen LogP contribution in [0.4, 0.5) is 18.4 Å². The molecule has 0 fully saturated rings. The molecule has 0 amide bonds. The fourth-order valence-electron chi connectivity index (χ4n) is 0.224. The van der Waals surface area contributed by atoms with E-state index in [4.69, 9.17) is 10.0 Å². The van der Waals surface area contributed by atoms with Crippen LogP contribution in [0.5, 0.6) is 0 Å². The molecule has 0 atom stereocenters. The molecule has 0 aliphatic carbocycles. The van der Waals surface area contributed by atoms with Gasteiger partial charge in [0.15, 0.2) is 0 Å². The number of rotatable bonds is 2. The second-order valence-electron chi connectivity index (χ2n) is 1.45. The first kappa shape index (κ1) is 29.2. The molecule has 0 aliphatic heterocycles. The zero-order valence-corrected chi connectivity index (χ0v) is 8.28. The summed E-state index contributed by atoms with van der Waals surface area (Å²) in [7, 11) is -2.67. The summed E-state index contributed by atoms with van der Waals surface area (Å²) in [5.74, 6) is 0. The van der Waals surface area contributed by atoms with E-state index in [-0.39, 0.29) is 14.1 Å². The van der Waals surface area contributed by atoms with E-state index in [1.807, 2.05) is 4.31 Å². The lowest BCUT2D eigenvalue weighted by Crippen LogP contribution is -2.08. The van der Waals surface area contributed by atoms with E-state index in [9.17, 15) is 4.32 Å². The lowest BCUT2D eigenvalue weighted by atomic mass is 10.3. The van der Waals surface area contributed by atoms with Gasteiger partial charge in [0.05, 0.1) is 0 Å². The molecule has 0 rings (SSSR count). The highest BCUT2D eigenvalue weighted by Gasteiger charge is 1.97. The molecule has 0 saturated heterocycles. The normalized spacial score (nSPS) is 6.69. The second kappa shape index (κ2) is 22.7. The molecule has 13 heavy (non-hydrogen) atoms. The van der Waals surface area contributed by atoms with Gasteiger partial charge in [-0.15, -0.1) is 0 Å². The van der Waals surface area contributed by atoms with Crippen molar-refractivity contribution in [1.29, 1.82) is 0 Å². The molecule has 0 spiro atoms. The van der Waals surface area contributed by atoms with Crippen LogP contribution in [0.25, 0.3) is 0 Å². The highest BCUT2D eigenvalue weighted by Crippen LogP contribution is 1.86. The Kier molecular flexibility index (Phi) is 51.1. The van der Waals surface area contributed by atoms with Crippen molar-refractivity contribution in [2.24, 2.45) is 0 Å². The van der Waals surface area contributed by atoms with E-state index < -0.39 is 7.40 Å². The maximum absolute atomic E-state index is 10.1. The largest absolute Gasteiger partial charge is 0.674 e. The first-order valence-corrected chi connectivity index (χ1v) is 3.38. The molecule has 3 nitrogen and oxygen atoms in total. The van der Waals surface area contributed by atoms with Gasteiger partial charge in [0.1, 0.15) is 0 Å². The van der Waals surface area contributed by atoms with Gasteiger partial charge in [-0.2, -0.15) is 0 Å². The zero-order valence-electron chi connectivity index (χ0n) is 7.38. The molecule has 0 aromatic heterocycles. The van der Waals surface area contributed by atoms with Gasteiger partial charge in [-0.3, -0.25) is 22.7 Å². The Hall–Kier alpha value is 0.0149. The van der Waals surface area contributed by atoms with E-state index in [1.54, 1.807) is 0 Å². The first-order valence-electron chi connectivity index (χ1n) is 2.98. The van der Waals surface area contributed by atoms with E-state index in [0.29, 0.717) is 0 Å². The van der Waals surface area contributed by atoms with Gasteiger partial charge in [-0.25, -0.2) is 0 Å². The molecule has 0 saturated carbocycles. The highest BCUT2D eigenvalue weighted by molar-refractivity contribution is 7.77. The van der Waals surface area contributed by atoms with E-state index in [1.165, 1.54) is 0 Å². The Morgan fingerprint density at radius 1 is 1.15 bits per heavy atom. The lowest BCUT2D eigenvalue weighted by Gasteiger charge is -2.05. The Balaban J connectivity index is -0.0000000279. The van der Waals surface area contributed by atoms with Gasteiger partial charge in [-0.1, -0.05) is 26.7 Å². The molecule has 2 N–H and O–H groups in total. The minimum atomic E-state index is -2.67. The summed E-state index contributed by atoms with van der Waals surface area (Å²) < 4.78 is 12.1. The zero-order chi connectivity index (χ0) is 8.57. The van der Waals surface area contributed by atoms with Crippen molar-refractivity contribution in [1.82, 2.24) is 4.31 Å². The van der Waals surface area contributed by atoms with Gasteiger partial charge in [0, 0.05) is 13.1 Å². The molecule has 0 radical (unpaired) electrons. The Bertz CT molecular complexity index is 69.4. The summed E-state index contributed by atoms with van der Waals surface area (Å²) in [4.78, 5) is 0. The topological polar surface area (TPSA) is 43.7 Å². The number of hydrogen-bond acceptors (Lipinski definition) is 4. The molecule has 0 aromatic carbocycles.